The van der Waals surface area contributed by atoms with Gasteiger partial charge in [0.2, 0.25) is 5.91 Å². The number of carbonyl (C=O) groups is 1. The first-order chi connectivity index (χ1) is 16.0. The van der Waals surface area contributed by atoms with E-state index in [1.54, 1.807) is 23.0 Å². The largest absolute Gasteiger partial charge is 0.378 e. The number of anilines is 2. The quantitative estimate of drug-likeness (QED) is 0.410. The van der Waals surface area contributed by atoms with E-state index in [1.165, 1.54) is 6.08 Å². The van der Waals surface area contributed by atoms with Crippen LogP contribution in [0.25, 0.3) is 17.0 Å². The van der Waals surface area contributed by atoms with E-state index in [2.05, 4.69) is 45.7 Å². The zero-order valence-corrected chi connectivity index (χ0v) is 18.8. The lowest BCUT2D eigenvalue weighted by Gasteiger charge is -2.13. The van der Waals surface area contributed by atoms with E-state index in [9.17, 15) is 4.79 Å². The van der Waals surface area contributed by atoms with Gasteiger partial charge in [0.1, 0.15) is 5.82 Å². The minimum Gasteiger partial charge on any atom is -0.378 e. The van der Waals surface area contributed by atoms with Crippen LogP contribution in [0, 0.1) is 11.3 Å². The van der Waals surface area contributed by atoms with Gasteiger partial charge in [-0.3, -0.25) is 4.79 Å². The normalized spacial score (nSPS) is 11.1. The van der Waals surface area contributed by atoms with Crippen LogP contribution in [0.4, 0.5) is 11.5 Å². The molecule has 0 aliphatic heterocycles. The van der Waals surface area contributed by atoms with Gasteiger partial charge in [0.25, 0.3) is 0 Å². The summed E-state index contributed by atoms with van der Waals surface area (Å²) in [5, 5.41) is 17.2. The Labute approximate surface area is 193 Å². The number of nitrogens with zero attached hydrogens (tertiary/aromatic N) is 5. The molecule has 0 radical (unpaired) electrons. The van der Waals surface area contributed by atoms with E-state index in [0.29, 0.717) is 25.3 Å². The van der Waals surface area contributed by atoms with E-state index < -0.39 is 0 Å². The van der Waals surface area contributed by atoms with Crippen LogP contribution in [0.3, 0.4) is 0 Å². The van der Waals surface area contributed by atoms with Gasteiger partial charge in [-0.25, -0.2) is 4.68 Å². The van der Waals surface area contributed by atoms with Crippen molar-refractivity contribution in [3.05, 3.63) is 84.2 Å². The molecule has 0 bridgehead atoms. The van der Waals surface area contributed by atoms with Crippen LogP contribution in [-0.4, -0.2) is 34.4 Å². The molecule has 2 aromatic carbocycles. The Morgan fingerprint density at radius 1 is 1.15 bits per heavy atom. The Bertz CT molecular complexity index is 1320. The average Bonchev–Trinajstić information content (AvgIpc) is 3.40. The predicted octanol–water partition coefficient (Wildman–Crippen LogP) is 4.52. The molecule has 7 nitrogen and oxygen atoms in total. The lowest BCUT2D eigenvalue weighted by Crippen LogP contribution is -2.14. The van der Waals surface area contributed by atoms with Crippen molar-refractivity contribution >= 4 is 34.4 Å². The van der Waals surface area contributed by atoms with Gasteiger partial charge in [0.15, 0.2) is 0 Å². The third-order valence-electron chi connectivity index (χ3n) is 5.45. The second-order valence-electron chi connectivity index (χ2n) is 7.96. The van der Waals surface area contributed by atoms with Crippen molar-refractivity contribution in [2.75, 3.05) is 24.3 Å². The number of hydrogen-bond donors (Lipinski definition) is 1. The lowest BCUT2D eigenvalue weighted by molar-refractivity contribution is -0.111. The molecule has 0 aliphatic carbocycles. The molecule has 0 saturated heterocycles. The molecule has 2 aromatic heterocycles. The summed E-state index contributed by atoms with van der Waals surface area (Å²) < 4.78 is 3.82. The third kappa shape index (κ3) is 5.13. The third-order valence-corrected chi connectivity index (χ3v) is 5.45. The van der Waals surface area contributed by atoms with Crippen LogP contribution < -0.4 is 10.2 Å². The number of nitriles is 1. The van der Waals surface area contributed by atoms with E-state index >= 15 is 0 Å². The van der Waals surface area contributed by atoms with Crippen molar-refractivity contribution < 1.29 is 4.79 Å². The first-order valence-electron chi connectivity index (χ1n) is 10.8. The summed E-state index contributed by atoms with van der Waals surface area (Å²) >= 11 is 0. The first-order valence-corrected chi connectivity index (χ1v) is 10.8. The Balaban J connectivity index is 1.46. The molecule has 0 spiro atoms. The molecule has 0 unspecified atom stereocenters. The number of fused-ring (bicyclic) bond motifs is 1. The van der Waals surface area contributed by atoms with E-state index in [4.69, 9.17) is 5.26 Å². The molecular formula is C26H26N6O. The van der Waals surface area contributed by atoms with Crippen LogP contribution >= 0.6 is 0 Å². The molecule has 0 atom stereocenters. The van der Waals surface area contributed by atoms with Gasteiger partial charge in [0.05, 0.1) is 25.2 Å². The number of benzene rings is 2. The van der Waals surface area contributed by atoms with Crippen LogP contribution in [0.2, 0.25) is 0 Å². The fourth-order valence-electron chi connectivity index (χ4n) is 3.73. The number of aryl methyl sites for hydroxylation is 1. The SMILES string of the molecule is CN(C)c1ccc(Cn2nccc2NC(=O)C=Cc2cn(CCC#N)c3ccccc23)cc1. The standard InChI is InChI=1S/C26H26N6O/c1-30(2)22-11-8-20(9-12-22)18-32-25(14-16-28-32)29-26(33)13-10-21-19-31(17-5-15-27)24-7-4-3-6-23(21)24/h3-4,6-14,16,19H,5,17-18H2,1-2H3,(H,29,33). The number of rotatable bonds is 8. The molecule has 0 aliphatic rings. The second kappa shape index (κ2) is 9.88. The molecule has 166 valence electrons. The molecule has 2 heterocycles. The minimum atomic E-state index is -0.228. The molecule has 1 amide bonds. The van der Waals surface area contributed by atoms with E-state index in [0.717, 1.165) is 27.7 Å². The lowest BCUT2D eigenvalue weighted by atomic mass is 10.1. The van der Waals surface area contributed by atoms with Crippen molar-refractivity contribution in [3.8, 4) is 6.07 Å². The summed E-state index contributed by atoms with van der Waals surface area (Å²) in [6.07, 6.45) is 7.43. The fourth-order valence-corrected chi connectivity index (χ4v) is 3.73. The fraction of sp³-hybridized carbons (Fsp3) is 0.192. The highest BCUT2D eigenvalue weighted by atomic mass is 16.1. The van der Waals surface area contributed by atoms with Crippen LogP contribution in [-0.2, 0) is 17.9 Å². The maximum absolute atomic E-state index is 12.6. The van der Waals surface area contributed by atoms with Crippen molar-refractivity contribution in [2.45, 2.75) is 19.5 Å². The Morgan fingerprint density at radius 2 is 1.94 bits per heavy atom. The molecular weight excluding hydrogens is 412 g/mol. The van der Waals surface area contributed by atoms with Gasteiger partial charge in [0, 0.05) is 61.1 Å². The highest BCUT2D eigenvalue weighted by molar-refractivity contribution is 6.03. The number of aromatic nitrogens is 3. The van der Waals surface area contributed by atoms with Crippen LogP contribution in [0.1, 0.15) is 17.5 Å². The highest BCUT2D eigenvalue weighted by Crippen LogP contribution is 2.23. The van der Waals surface area contributed by atoms with Gasteiger partial charge < -0.3 is 14.8 Å². The van der Waals surface area contributed by atoms with Crippen molar-refractivity contribution in [1.29, 1.82) is 5.26 Å². The van der Waals surface area contributed by atoms with Crippen molar-refractivity contribution in [3.63, 3.8) is 0 Å². The maximum atomic E-state index is 12.6. The Morgan fingerprint density at radius 3 is 2.70 bits per heavy atom. The molecule has 0 saturated carbocycles. The van der Waals surface area contributed by atoms with Gasteiger partial charge in [-0.05, 0) is 29.8 Å². The maximum Gasteiger partial charge on any atom is 0.249 e. The first kappa shape index (κ1) is 21.9. The summed E-state index contributed by atoms with van der Waals surface area (Å²) in [6, 6.07) is 20.2. The number of carbonyl (C=O) groups excluding carboxylic acids is 1. The number of hydrogen-bond acceptors (Lipinski definition) is 4. The second-order valence-corrected chi connectivity index (χ2v) is 7.96. The highest BCUT2D eigenvalue weighted by Gasteiger charge is 2.09. The molecule has 7 heteroatoms. The summed E-state index contributed by atoms with van der Waals surface area (Å²) in [4.78, 5) is 14.7. The summed E-state index contributed by atoms with van der Waals surface area (Å²) in [6.45, 7) is 1.18. The van der Waals surface area contributed by atoms with Crippen molar-refractivity contribution in [1.82, 2.24) is 14.3 Å². The van der Waals surface area contributed by atoms with Gasteiger partial charge in [-0.2, -0.15) is 10.4 Å². The number of para-hydroxylation sites is 1. The van der Waals surface area contributed by atoms with Crippen LogP contribution in [0.15, 0.2) is 73.1 Å². The monoisotopic (exact) mass is 438 g/mol. The van der Waals surface area contributed by atoms with Crippen LogP contribution in [0.5, 0.6) is 0 Å². The number of amides is 1. The predicted molar refractivity (Wildman–Crippen MR) is 132 cm³/mol. The Hall–Kier alpha value is -4.31. The molecule has 4 rings (SSSR count). The Kier molecular flexibility index (Phi) is 6.56. The smallest absolute Gasteiger partial charge is 0.249 e. The number of nitrogens with one attached hydrogen (secondary N) is 1. The zero-order valence-electron chi connectivity index (χ0n) is 18.8. The van der Waals surface area contributed by atoms with E-state index in [-0.39, 0.29) is 5.91 Å². The molecule has 33 heavy (non-hydrogen) atoms. The van der Waals surface area contributed by atoms with Gasteiger partial charge >= 0.3 is 0 Å². The van der Waals surface area contributed by atoms with E-state index in [1.807, 2.05) is 49.1 Å². The minimum absolute atomic E-state index is 0.228. The van der Waals surface area contributed by atoms with Gasteiger partial charge in [-0.15, -0.1) is 0 Å². The summed E-state index contributed by atoms with van der Waals surface area (Å²) in [7, 11) is 4.02. The average molecular weight is 439 g/mol. The topological polar surface area (TPSA) is 78.9 Å². The zero-order chi connectivity index (χ0) is 23.2. The van der Waals surface area contributed by atoms with Gasteiger partial charge in [-0.1, -0.05) is 30.3 Å². The summed E-state index contributed by atoms with van der Waals surface area (Å²) in [5.74, 6) is 0.409. The molecule has 1 N–H and O–H groups in total. The molecule has 0 fully saturated rings. The summed E-state index contributed by atoms with van der Waals surface area (Å²) in [5.41, 5.74) is 4.21. The van der Waals surface area contributed by atoms with Crippen molar-refractivity contribution in [2.24, 2.45) is 0 Å². The molecule has 4 aromatic rings.